The van der Waals surface area contributed by atoms with E-state index < -0.39 is 0 Å². The molecule has 0 aliphatic carbocycles. The Balaban J connectivity index is 2.21. The summed E-state index contributed by atoms with van der Waals surface area (Å²) in [6, 6.07) is 20.5. The maximum Gasteiger partial charge on any atom is 0.132 e. The van der Waals surface area contributed by atoms with Gasteiger partial charge in [-0.15, -0.1) is 0 Å². The Hall–Kier alpha value is -2.81. The quantitative estimate of drug-likeness (QED) is 0.420. The normalized spacial score (nSPS) is 11.7. The van der Waals surface area contributed by atoms with Crippen molar-refractivity contribution in [3.63, 3.8) is 0 Å². The lowest BCUT2D eigenvalue weighted by Crippen LogP contribution is -2.03. The maximum atomic E-state index is 10.4. The van der Waals surface area contributed by atoms with Crippen molar-refractivity contribution in [2.24, 2.45) is 5.16 Å². The van der Waals surface area contributed by atoms with Crippen LogP contribution < -0.4 is 0 Å². The van der Waals surface area contributed by atoms with E-state index in [0.29, 0.717) is 11.3 Å². The number of rotatable bonds is 2. The molecule has 0 fully saturated rings. The van der Waals surface area contributed by atoms with Crippen LogP contribution in [0.5, 0.6) is 5.75 Å². The summed E-state index contributed by atoms with van der Waals surface area (Å²) >= 11 is 0. The van der Waals surface area contributed by atoms with E-state index in [1.807, 2.05) is 60.7 Å². The van der Waals surface area contributed by atoms with Crippen molar-refractivity contribution >= 4 is 16.5 Å². The summed E-state index contributed by atoms with van der Waals surface area (Å²) in [5.74, 6) is 0.125. The summed E-state index contributed by atoms with van der Waals surface area (Å²) in [5.41, 5.74) is 1.62. The second kappa shape index (κ2) is 5.05. The molecule has 0 saturated heterocycles. The van der Waals surface area contributed by atoms with Crippen LogP contribution in [0.15, 0.2) is 71.9 Å². The highest BCUT2D eigenvalue weighted by Crippen LogP contribution is 2.30. The minimum atomic E-state index is 0.125. The number of fused-ring (bicyclic) bond motifs is 1. The smallest absolute Gasteiger partial charge is 0.132 e. The Kier molecular flexibility index (Phi) is 3.09. The molecule has 3 nitrogen and oxygen atoms in total. The van der Waals surface area contributed by atoms with Crippen LogP contribution in [0.4, 0.5) is 0 Å². The van der Waals surface area contributed by atoms with Crippen molar-refractivity contribution in [2.75, 3.05) is 0 Å². The summed E-state index contributed by atoms with van der Waals surface area (Å²) in [4.78, 5) is 0. The molecule has 0 saturated carbocycles. The second-order valence-electron chi connectivity index (χ2n) is 4.50. The summed E-state index contributed by atoms with van der Waals surface area (Å²) < 4.78 is 0. The molecule has 0 amide bonds. The van der Waals surface area contributed by atoms with Gasteiger partial charge in [-0.05, 0) is 11.5 Å². The van der Waals surface area contributed by atoms with Gasteiger partial charge in [-0.3, -0.25) is 0 Å². The summed E-state index contributed by atoms with van der Waals surface area (Å²) in [5, 5.41) is 24.8. The monoisotopic (exact) mass is 263 g/mol. The SMILES string of the molecule is O/N=C(/c1ccccc1)c1ccc2ccccc2c1O. The minimum Gasteiger partial charge on any atom is -0.507 e. The molecule has 3 aromatic carbocycles. The zero-order valence-corrected chi connectivity index (χ0v) is 10.7. The van der Waals surface area contributed by atoms with Crippen molar-refractivity contribution in [2.45, 2.75) is 0 Å². The topological polar surface area (TPSA) is 52.8 Å². The lowest BCUT2D eigenvalue weighted by molar-refractivity contribution is 0.319. The molecule has 0 aliphatic heterocycles. The van der Waals surface area contributed by atoms with E-state index in [0.717, 1.165) is 16.3 Å². The summed E-state index contributed by atoms with van der Waals surface area (Å²) in [7, 11) is 0. The molecule has 2 N–H and O–H groups in total. The van der Waals surface area contributed by atoms with Crippen LogP contribution in [-0.4, -0.2) is 16.0 Å². The number of nitrogens with zero attached hydrogens (tertiary/aromatic N) is 1. The van der Waals surface area contributed by atoms with Gasteiger partial charge in [0.25, 0.3) is 0 Å². The van der Waals surface area contributed by atoms with Crippen LogP contribution >= 0.6 is 0 Å². The highest BCUT2D eigenvalue weighted by molar-refractivity contribution is 6.16. The molecule has 20 heavy (non-hydrogen) atoms. The molecular formula is C17H13NO2. The molecule has 0 unspecified atom stereocenters. The average Bonchev–Trinajstić information content (AvgIpc) is 2.51. The molecule has 0 heterocycles. The van der Waals surface area contributed by atoms with Crippen LogP contribution in [0.25, 0.3) is 10.8 Å². The van der Waals surface area contributed by atoms with Gasteiger partial charge in [0, 0.05) is 16.5 Å². The van der Waals surface area contributed by atoms with Gasteiger partial charge in [-0.1, -0.05) is 65.8 Å². The van der Waals surface area contributed by atoms with Crippen LogP contribution in [0.2, 0.25) is 0 Å². The van der Waals surface area contributed by atoms with E-state index in [1.54, 1.807) is 6.07 Å². The van der Waals surface area contributed by atoms with Crippen molar-refractivity contribution in [1.82, 2.24) is 0 Å². The fourth-order valence-corrected chi connectivity index (χ4v) is 2.31. The van der Waals surface area contributed by atoms with E-state index in [1.165, 1.54) is 0 Å². The Morgan fingerprint density at radius 2 is 1.50 bits per heavy atom. The molecule has 3 rings (SSSR count). The lowest BCUT2D eigenvalue weighted by Gasteiger charge is -2.09. The van der Waals surface area contributed by atoms with Gasteiger partial charge >= 0.3 is 0 Å². The van der Waals surface area contributed by atoms with Gasteiger partial charge in [0.2, 0.25) is 0 Å². The van der Waals surface area contributed by atoms with Crippen molar-refractivity contribution in [3.05, 3.63) is 77.9 Å². The molecule has 0 atom stereocenters. The molecule has 3 aromatic rings. The van der Waals surface area contributed by atoms with Crippen LogP contribution in [-0.2, 0) is 0 Å². The zero-order chi connectivity index (χ0) is 13.9. The van der Waals surface area contributed by atoms with Gasteiger partial charge < -0.3 is 10.3 Å². The number of oxime groups is 1. The third-order valence-electron chi connectivity index (χ3n) is 3.30. The predicted octanol–water partition coefficient (Wildman–Crippen LogP) is 3.77. The third kappa shape index (κ3) is 1.99. The zero-order valence-electron chi connectivity index (χ0n) is 10.7. The van der Waals surface area contributed by atoms with Gasteiger partial charge in [0.1, 0.15) is 11.5 Å². The van der Waals surface area contributed by atoms with Crippen LogP contribution in [0, 0.1) is 0 Å². The highest BCUT2D eigenvalue weighted by atomic mass is 16.4. The van der Waals surface area contributed by atoms with E-state index in [4.69, 9.17) is 0 Å². The Morgan fingerprint density at radius 1 is 0.800 bits per heavy atom. The third-order valence-corrected chi connectivity index (χ3v) is 3.30. The molecule has 0 radical (unpaired) electrons. The highest BCUT2D eigenvalue weighted by Gasteiger charge is 2.14. The minimum absolute atomic E-state index is 0.125. The first-order valence-electron chi connectivity index (χ1n) is 6.30. The number of hydrogen-bond donors (Lipinski definition) is 2. The first-order valence-corrected chi connectivity index (χ1v) is 6.30. The van der Waals surface area contributed by atoms with Crippen LogP contribution in [0.1, 0.15) is 11.1 Å². The number of phenols is 1. The van der Waals surface area contributed by atoms with E-state index in [2.05, 4.69) is 5.16 Å². The van der Waals surface area contributed by atoms with Crippen molar-refractivity contribution < 1.29 is 10.3 Å². The molecule has 3 heteroatoms. The predicted molar refractivity (Wildman–Crippen MR) is 79.5 cm³/mol. The average molecular weight is 263 g/mol. The molecule has 0 spiro atoms. The number of hydrogen-bond acceptors (Lipinski definition) is 3. The lowest BCUT2D eigenvalue weighted by atomic mass is 9.98. The first kappa shape index (κ1) is 12.2. The second-order valence-corrected chi connectivity index (χ2v) is 4.50. The van der Waals surface area contributed by atoms with E-state index >= 15 is 0 Å². The van der Waals surface area contributed by atoms with Gasteiger partial charge in [-0.25, -0.2) is 0 Å². The van der Waals surface area contributed by atoms with Gasteiger partial charge in [-0.2, -0.15) is 0 Å². The summed E-state index contributed by atoms with van der Waals surface area (Å²) in [6.45, 7) is 0. The number of aromatic hydroxyl groups is 1. The molecule has 98 valence electrons. The van der Waals surface area contributed by atoms with E-state index in [9.17, 15) is 10.3 Å². The molecule has 0 aromatic heterocycles. The molecule has 0 bridgehead atoms. The Morgan fingerprint density at radius 3 is 2.25 bits per heavy atom. The fourth-order valence-electron chi connectivity index (χ4n) is 2.31. The number of phenolic OH excluding ortho intramolecular Hbond substituents is 1. The Bertz CT molecular complexity index is 779. The Labute approximate surface area is 116 Å². The number of benzene rings is 3. The van der Waals surface area contributed by atoms with Crippen molar-refractivity contribution in [1.29, 1.82) is 0 Å². The van der Waals surface area contributed by atoms with Gasteiger partial charge in [0.15, 0.2) is 0 Å². The molecule has 0 aliphatic rings. The standard InChI is InChI=1S/C17H13NO2/c19-17-14-9-5-4-6-12(14)10-11-15(17)16(18-20)13-7-2-1-3-8-13/h1-11,19-20H/b18-16-. The molecular weight excluding hydrogens is 250 g/mol. The summed E-state index contributed by atoms with van der Waals surface area (Å²) in [6.07, 6.45) is 0. The largest absolute Gasteiger partial charge is 0.507 e. The first-order chi connectivity index (χ1) is 9.81. The maximum absolute atomic E-state index is 10.4. The van der Waals surface area contributed by atoms with Crippen LogP contribution in [0.3, 0.4) is 0 Å². The van der Waals surface area contributed by atoms with E-state index in [-0.39, 0.29) is 5.75 Å². The van der Waals surface area contributed by atoms with Gasteiger partial charge in [0.05, 0.1) is 0 Å². The fraction of sp³-hybridized carbons (Fsp3) is 0. The van der Waals surface area contributed by atoms with Crippen molar-refractivity contribution in [3.8, 4) is 5.75 Å².